The Hall–Kier alpha value is -1.94. The van der Waals surface area contributed by atoms with Crippen molar-refractivity contribution in [3.05, 3.63) is 27.0 Å². The minimum absolute atomic E-state index is 0.0623. The second kappa shape index (κ2) is 6.01. The number of H-pyrrole nitrogens is 2. The molecule has 0 fully saturated rings. The SMILES string of the molecule is CC(C)C[C@H](NS(=O)(=O)c1c[nH]c(=O)[nH]c1=O)C(=O)O. The summed E-state index contributed by atoms with van der Waals surface area (Å²) in [5.41, 5.74) is -1.97. The van der Waals surface area contributed by atoms with Crippen LogP contribution in [0.5, 0.6) is 0 Å². The monoisotopic (exact) mass is 305 g/mol. The minimum Gasteiger partial charge on any atom is -0.480 e. The van der Waals surface area contributed by atoms with E-state index >= 15 is 0 Å². The van der Waals surface area contributed by atoms with E-state index in [-0.39, 0.29) is 12.3 Å². The molecule has 1 aromatic rings. The summed E-state index contributed by atoms with van der Waals surface area (Å²) in [6, 6.07) is -1.36. The van der Waals surface area contributed by atoms with Gasteiger partial charge in [-0.05, 0) is 12.3 Å². The van der Waals surface area contributed by atoms with E-state index in [0.717, 1.165) is 6.20 Å². The molecule has 9 nitrogen and oxygen atoms in total. The summed E-state index contributed by atoms with van der Waals surface area (Å²) in [5.74, 6) is -1.41. The largest absolute Gasteiger partial charge is 0.480 e. The fourth-order valence-corrected chi connectivity index (χ4v) is 2.73. The van der Waals surface area contributed by atoms with Gasteiger partial charge in [0.05, 0.1) is 0 Å². The molecule has 0 radical (unpaired) electrons. The normalized spacial score (nSPS) is 13.3. The van der Waals surface area contributed by atoms with E-state index < -0.39 is 38.2 Å². The van der Waals surface area contributed by atoms with Crippen LogP contribution in [0, 0.1) is 5.92 Å². The molecule has 1 heterocycles. The predicted molar refractivity (Wildman–Crippen MR) is 68.9 cm³/mol. The molecule has 20 heavy (non-hydrogen) atoms. The standard InChI is InChI=1S/C10H15N3O6S/c1-5(2)3-6(9(15)16)13-20(18,19)7-4-11-10(17)12-8(7)14/h4-6,13H,3H2,1-2H3,(H,15,16)(H2,11,12,14,17)/t6-/m0/s1. The molecule has 0 saturated heterocycles. The second-order valence-corrected chi connectivity index (χ2v) is 6.26. The fraction of sp³-hybridized carbons (Fsp3) is 0.500. The van der Waals surface area contributed by atoms with Gasteiger partial charge in [-0.2, -0.15) is 4.72 Å². The molecule has 0 amide bonds. The van der Waals surface area contributed by atoms with Crippen LogP contribution in [-0.4, -0.2) is 35.5 Å². The van der Waals surface area contributed by atoms with Crippen molar-refractivity contribution in [2.45, 2.75) is 31.2 Å². The van der Waals surface area contributed by atoms with Gasteiger partial charge < -0.3 is 10.1 Å². The van der Waals surface area contributed by atoms with Gasteiger partial charge in [0.2, 0.25) is 10.0 Å². The van der Waals surface area contributed by atoms with E-state index in [1.807, 2.05) is 9.71 Å². The van der Waals surface area contributed by atoms with Crippen LogP contribution in [0.15, 0.2) is 20.7 Å². The van der Waals surface area contributed by atoms with E-state index in [1.54, 1.807) is 18.8 Å². The molecule has 1 aromatic heterocycles. The van der Waals surface area contributed by atoms with Gasteiger partial charge in [0.15, 0.2) is 4.90 Å². The van der Waals surface area contributed by atoms with Crippen molar-refractivity contribution in [2.24, 2.45) is 5.92 Å². The lowest BCUT2D eigenvalue weighted by atomic mass is 10.1. The molecule has 0 spiro atoms. The Morgan fingerprint density at radius 2 is 2.00 bits per heavy atom. The summed E-state index contributed by atoms with van der Waals surface area (Å²) in [6.45, 7) is 3.47. The Bertz CT molecular complexity index is 702. The average molecular weight is 305 g/mol. The Morgan fingerprint density at radius 3 is 2.45 bits per heavy atom. The number of aromatic nitrogens is 2. The smallest absolute Gasteiger partial charge is 0.325 e. The van der Waals surface area contributed by atoms with Crippen molar-refractivity contribution in [1.82, 2.24) is 14.7 Å². The molecule has 0 aromatic carbocycles. The zero-order chi connectivity index (χ0) is 15.5. The van der Waals surface area contributed by atoms with E-state index in [2.05, 4.69) is 0 Å². The number of carboxylic acid groups (broad SMARTS) is 1. The molecule has 0 unspecified atom stereocenters. The van der Waals surface area contributed by atoms with Gasteiger partial charge in [0.25, 0.3) is 5.56 Å². The lowest BCUT2D eigenvalue weighted by molar-refractivity contribution is -0.139. The first-order valence-corrected chi connectivity index (χ1v) is 7.19. The average Bonchev–Trinajstić information content (AvgIpc) is 2.26. The number of rotatable bonds is 6. The Kier molecular flexibility index (Phi) is 4.84. The summed E-state index contributed by atoms with van der Waals surface area (Å²) in [7, 11) is -4.34. The highest BCUT2D eigenvalue weighted by Gasteiger charge is 2.28. The van der Waals surface area contributed by atoms with E-state index in [4.69, 9.17) is 5.11 Å². The lowest BCUT2D eigenvalue weighted by Gasteiger charge is -2.16. The van der Waals surface area contributed by atoms with Gasteiger partial charge in [-0.25, -0.2) is 13.2 Å². The summed E-state index contributed by atoms with van der Waals surface area (Å²) >= 11 is 0. The number of hydrogen-bond donors (Lipinski definition) is 4. The van der Waals surface area contributed by atoms with Crippen molar-refractivity contribution in [2.75, 3.05) is 0 Å². The maximum Gasteiger partial charge on any atom is 0.325 e. The molecule has 0 aliphatic carbocycles. The molecule has 1 atom stereocenters. The third kappa shape index (κ3) is 4.03. The summed E-state index contributed by atoms with van der Waals surface area (Å²) in [6.07, 6.45) is 0.785. The van der Waals surface area contributed by atoms with Crippen LogP contribution in [0.3, 0.4) is 0 Å². The zero-order valence-corrected chi connectivity index (χ0v) is 11.7. The highest BCUT2D eigenvalue weighted by molar-refractivity contribution is 7.89. The van der Waals surface area contributed by atoms with Gasteiger partial charge in [0, 0.05) is 6.20 Å². The second-order valence-electron chi connectivity index (χ2n) is 4.58. The highest BCUT2D eigenvalue weighted by atomic mass is 32.2. The lowest BCUT2D eigenvalue weighted by Crippen LogP contribution is -2.43. The van der Waals surface area contributed by atoms with Gasteiger partial charge in [0.1, 0.15) is 6.04 Å². The van der Waals surface area contributed by atoms with Gasteiger partial charge >= 0.3 is 11.7 Å². The van der Waals surface area contributed by atoms with Crippen LogP contribution < -0.4 is 16.0 Å². The van der Waals surface area contributed by atoms with Crippen LogP contribution in [0.2, 0.25) is 0 Å². The molecule has 4 N–H and O–H groups in total. The Balaban J connectivity index is 3.13. The van der Waals surface area contributed by atoms with Gasteiger partial charge in [-0.1, -0.05) is 13.8 Å². The topological polar surface area (TPSA) is 149 Å². The highest BCUT2D eigenvalue weighted by Crippen LogP contribution is 2.08. The van der Waals surface area contributed by atoms with Crippen LogP contribution in [0.1, 0.15) is 20.3 Å². The van der Waals surface area contributed by atoms with E-state index in [9.17, 15) is 22.8 Å². The van der Waals surface area contributed by atoms with Crippen molar-refractivity contribution in [3.63, 3.8) is 0 Å². The third-order valence-electron chi connectivity index (χ3n) is 2.38. The number of carboxylic acids is 1. The number of hydrogen-bond acceptors (Lipinski definition) is 5. The number of carbonyl (C=O) groups is 1. The first-order valence-electron chi connectivity index (χ1n) is 5.70. The Morgan fingerprint density at radius 1 is 1.40 bits per heavy atom. The van der Waals surface area contributed by atoms with Crippen LogP contribution in [-0.2, 0) is 14.8 Å². The number of nitrogens with one attached hydrogen (secondary N) is 3. The first-order chi connectivity index (χ1) is 9.13. The molecule has 0 saturated carbocycles. The maximum absolute atomic E-state index is 11.9. The van der Waals surface area contributed by atoms with E-state index in [0.29, 0.717) is 0 Å². The number of aromatic amines is 2. The molecule has 112 valence electrons. The molecule has 0 aliphatic rings. The van der Waals surface area contributed by atoms with Crippen molar-refractivity contribution in [1.29, 1.82) is 0 Å². The minimum atomic E-state index is -4.34. The number of sulfonamides is 1. The first kappa shape index (κ1) is 16.1. The third-order valence-corrected chi connectivity index (χ3v) is 3.85. The molecular formula is C10H15N3O6S. The van der Waals surface area contributed by atoms with Crippen LogP contribution in [0.4, 0.5) is 0 Å². The van der Waals surface area contributed by atoms with Crippen molar-refractivity contribution < 1.29 is 18.3 Å². The van der Waals surface area contributed by atoms with Crippen molar-refractivity contribution in [3.8, 4) is 0 Å². The number of aliphatic carboxylic acids is 1. The van der Waals surface area contributed by atoms with Crippen LogP contribution >= 0.6 is 0 Å². The molecule has 0 aliphatic heterocycles. The van der Waals surface area contributed by atoms with Crippen LogP contribution in [0.25, 0.3) is 0 Å². The molecular weight excluding hydrogens is 290 g/mol. The molecule has 10 heteroatoms. The zero-order valence-electron chi connectivity index (χ0n) is 10.8. The molecule has 1 rings (SSSR count). The van der Waals surface area contributed by atoms with Crippen molar-refractivity contribution >= 4 is 16.0 Å². The predicted octanol–water partition coefficient (Wildman–Crippen LogP) is -1.16. The summed E-state index contributed by atoms with van der Waals surface area (Å²) in [4.78, 5) is 36.3. The van der Waals surface area contributed by atoms with E-state index in [1.165, 1.54) is 0 Å². The summed E-state index contributed by atoms with van der Waals surface area (Å²) < 4.78 is 25.8. The van der Waals surface area contributed by atoms with Gasteiger partial charge in [-0.15, -0.1) is 0 Å². The Labute approximate surface area is 114 Å². The fourth-order valence-electron chi connectivity index (χ4n) is 1.52. The quantitative estimate of drug-likeness (QED) is 0.521. The molecule has 0 bridgehead atoms. The summed E-state index contributed by atoms with van der Waals surface area (Å²) in [5, 5.41) is 8.98. The maximum atomic E-state index is 11.9. The van der Waals surface area contributed by atoms with Gasteiger partial charge in [-0.3, -0.25) is 14.6 Å².